The van der Waals surface area contributed by atoms with E-state index < -0.39 is 0 Å². The van der Waals surface area contributed by atoms with Gasteiger partial charge in [-0.15, -0.1) is 0 Å². The van der Waals surface area contributed by atoms with E-state index in [4.69, 9.17) is 0 Å². The smallest absolute Gasteiger partial charge is 0.161 e. The molecule has 0 heterocycles. The summed E-state index contributed by atoms with van der Waals surface area (Å²) in [5, 5.41) is 0. The molecule has 0 unspecified atom stereocenters. The average molecular weight is 339 g/mol. The molecule has 2 rings (SSSR count). The van der Waals surface area contributed by atoms with Gasteiger partial charge >= 0.3 is 0 Å². The number of rotatable bonds is 5. The van der Waals surface area contributed by atoms with E-state index in [0.29, 0.717) is 0 Å². The van der Waals surface area contributed by atoms with Crippen molar-refractivity contribution < 1.29 is 4.79 Å². The minimum atomic E-state index is 0.117. The molecule has 1 aromatic carbocycles. The first-order valence-corrected chi connectivity index (χ1v) is 7.84. The molecule has 0 saturated heterocycles. The molecule has 1 aliphatic carbocycles. The van der Waals surface area contributed by atoms with Crippen molar-refractivity contribution in [1.29, 1.82) is 0 Å². The molecule has 1 aromatic rings. The molecule has 1 fully saturated rings. The second kappa shape index (κ2) is 5.86. The summed E-state index contributed by atoms with van der Waals surface area (Å²) in [5.74, 6) is 0.117. The van der Waals surface area contributed by atoms with Crippen LogP contribution in [0.3, 0.4) is 0 Å². The van der Waals surface area contributed by atoms with E-state index in [2.05, 4.69) is 46.9 Å². The number of ketones is 1. The van der Waals surface area contributed by atoms with Gasteiger partial charge < -0.3 is 9.80 Å². The summed E-state index contributed by atoms with van der Waals surface area (Å²) in [6, 6.07) is 5.87. The molecule has 4 heteroatoms. The van der Waals surface area contributed by atoms with Crippen LogP contribution in [-0.2, 0) is 0 Å². The fourth-order valence-electron chi connectivity index (χ4n) is 2.98. The van der Waals surface area contributed by atoms with Crippen molar-refractivity contribution in [3.63, 3.8) is 0 Å². The van der Waals surface area contributed by atoms with Crippen molar-refractivity contribution in [2.75, 3.05) is 32.6 Å². The highest BCUT2D eigenvalue weighted by Crippen LogP contribution is 2.38. The van der Waals surface area contributed by atoms with Gasteiger partial charge in [0.05, 0.1) is 0 Å². The number of hydrogen-bond acceptors (Lipinski definition) is 3. The molecule has 1 saturated carbocycles. The van der Waals surface area contributed by atoms with Gasteiger partial charge in [-0.2, -0.15) is 0 Å². The lowest BCUT2D eigenvalue weighted by molar-refractivity contribution is 0.0682. The van der Waals surface area contributed by atoms with E-state index in [1.165, 1.54) is 19.3 Å². The van der Waals surface area contributed by atoms with Gasteiger partial charge in [-0.1, -0.05) is 15.9 Å². The Morgan fingerprint density at radius 3 is 2.40 bits per heavy atom. The summed E-state index contributed by atoms with van der Waals surface area (Å²) < 4.78 is 1.01. The summed E-state index contributed by atoms with van der Waals surface area (Å²) >= 11 is 3.50. The summed E-state index contributed by atoms with van der Waals surface area (Å²) in [6.45, 7) is 2.59. The van der Waals surface area contributed by atoms with Crippen LogP contribution in [0.5, 0.6) is 0 Å². The Kier molecular flexibility index (Phi) is 4.55. The van der Waals surface area contributed by atoms with E-state index in [-0.39, 0.29) is 11.3 Å². The van der Waals surface area contributed by atoms with Crippen molar-refractivity contribution in [2.45, 2.75) is 31.7 Å². The minimum absolute atomic E-state index is 0.117. The van der Waals surface area contributed by atoms with E-state index in [9.17, 15) is 4.79 Å². The van der Waals surface area contributed by atoms with Crippen molar-refractivity contribution in [3.05, 3.63) is 28.2 Å². The molecule has 110 valence electrons. The van der Waals surface area contributed by atoms with Gasteiger partial charge in [0.2, 0.25) is 0 Å². The predicted molar refractivity (Wildman–Crippen MR) is 87.7 cm³/mol. The zero-order valence-corrected chi connectivity index (χ0v) is 14.3. The molecule has 3 nitrogen and oxygen atoms in total. The van der Waals surface area contributed by atoms with E-state index in [0.717, 1.165) is 22.3 Å². The zero-order valence-electron chi connectivity index (χ0n) is 12.7. The first-order chi connectivity index (χ1) is 9.35. The highest BCUT2D eigenvalue weighted by atomic mass is 79.9. The van der Waals surface area contributed by atoms with Crippen LogP contribution in [0, 0.1) is 0 Å². The normalized spacial score (nSPS) is 16.9. The van der Waals surface area contributed by atoms with Crippen molar-refractivity contribution in [2.24, 2.45) is 0 Å². The topological polar surface area (TPSA) is 23.6 Å². The SMILES string of the molecule is CC(=O)c1ccc(Br)cc1N(C)CC1(N(C)C)CCC1. The van der Waals surface area contributed by atoms with Crippen molar-refractivity contribution >= 4 is 27.4 Å². The van der Waals surface area contributed by atoms with Crippen LogP contribution in [0.25, 0.3) is 0 Å². The molecule has 0 atom stereocenters. The number of halogens is 1. The number of nitrogens with zero attached hydrogens (tertiary/aromatic N) is 2. The van der Waals surface area contributed by atoms with Crippen LogP contribution in [-0.4, -0.2) is 43.9 Å². The number of Topliss-reactive ketones (excluding diaryl/α,β-unsaturated/α-hetero) is 1. The minimum Gasteiger partial charge on any atom is -0.372 e. The molecular formula is C16H23BrN2O. The molecule has 0 bridgehead atoms. The van der Waals surface area contributed by atoms with Gasteiger partial charge in [-0.3, -0.25) is 4.79 Å². The number of benzene rings is 1. The van der Waals surface area contributed by atoms with Crippen LogP contribution in [0.2, 0.25) is 0 Å². The first kappa shape index (κ1) is 15.5. The third kappa shape index (κ3) is 2.91. The number of anilines is 1. The lowest BCUT2D eigenvalue weighted by Gasteiger charge is -2.49. The lowest BCUT2D eigenvalue weighted by Crippen LogP contribution is -2.56. The molecule has 0 N–H and O–H groups in total. The first-order valence-electron chi connectivity index (χ1n) is 7.05. The zero-order chi connectivity index (χ0) is 14.9. The quantitative estimate of drug-likeness (QED) is 0.766. The molecule has 1 aliphatic rings. The van der Waals surface area contributed by atoms with Gasteiger partial charge in [-0.05, 0) is 58.5 Å². The number of likely N-dealkylation sites (N-methyl/N-ethyl adjacent to an activating group) is 2. The van der Waals surface area contributed by atoms with Crippen molar-refractivity contribution in [3.8, 4) is 0 Å². The number of carbonyl (C=O) groups is 1. The maximum Gasteiger partial charge on any atom is 0.161 e. The maximum absolute atomic E-state index is 11.8. The van der Waals surface area contributed by atoms with E-state index >= 15 is 0 Å². The van der Waals surface area contributed by atoms with Crippen LogP contribution in [0.1, 0.15) is 36.5 Å². The van der Waals surface area contributed by atoms with E-state index in [1.807, 2.05) is 18.2 Å². The largest absolute Gasteiger partial charge is 0.372 e. The van der Waals surface area contributed by atoms with Crippen LogP contribution in [0.4, 0.5) is 5.69 Å². The van der Waals surface area contributed by atoms with Gasteiger partial charge in [0.1, 0.15) is 0 Å². The molecular weight excluding hydrogens is 316 g/mol. The third-order valence-corrected chi connectivity index (χ3v) is 5.01. The molecule has 0 amide bonds. The summed E-state index contributed by atoms with van der Waals surface area (Å²) in [4.78, 5) is 16.4. The highest BCUT2D eigenvalue weighted by Gasteiger charge is 2.40. The Balaban J connectivity index is 2.27. The summed E-state index contributed by atoms with van der Waals surface area (Å²) in [5.41, 5.74) is 2.06. The fraction of sp³-hybridized carbons (Fsp3) is 0.562. The molecule has 0 spiro atoms. The van der Waals surface area contributed by atoms with Gasteiger partial charge in [0.15, 0.2) is 5.78 Å². The molecule has 0 aliphatic heterocycles. The van der Waals surface area contributed by atoms with E-state index in [1.54, 1.807) is 6.92 Å². The second-order valence-electron chi connectivity index (χ2n) is 6.05. The molecule has 0 aromatic heterocycles. The van der Waals surface area contributed by atoms with Gasteiger partial charge in [0, 0.05) is 34.9 Å². The Hall–Kier alpha value is -0.870. The standard InChI is InChI=1S/C16H23BrN2O/c1-12(20)14-7-6-13(17)10-15(14)19(4)11-16(18(2)3)8-5-9-16/h6-7,10H,5,8-9,11H2,1-4H3. The lowest BCUT2D eigenvalue weighted by atomic mass is 9.75. The Morgan fingerprint density at radius 2 is 1.95 bits per heavy atom. The summed E-state index contributed by atoms with van der Waals surface area (Å²) in [6.07, 6.45) is 3.76. The summed E-state index contributed by atoms with van der Waals surface area (Å²) in [7, 11) is 6.39. The second-order valence-corrected chi connectivity index (χ2v) is 6.96. The maximum atomic E-state index is 11.8. The monoisotopic (exact) mass is 338 g/mol. The Labute approximate surface area is 130 Å². The van der Waals surface area contributed by atoms with Crippen molar-refractivity contribution in [1.82, 2.24) is 4.90 Å². The number of hydrogen-bond donors (Lipinski definition) is 0. The highest BCUT2D eigenvalue weighted by molar-refractivity contribution is 9.10. The molecule has 0 radical (unpaired) electrons. The Bertz CT molecular complexity index is 509. The van der Waals surface area contributed by atoms with Crippen LogP contribution >= 0.6 is 15.9 Å². The average Bonchev–Trinajstić information content (AvgIpc) is 2.32. The van der Waals surface area contributed by atoms with Crippen LogP contribution in [0.15, 0.2) is 22.7 Å². The predicted octanol–water partition coefficient (Wildman–Crippen LogP) is 3.57. The Morgan fingerprint density at radius 1 is 1.30 bits per heavy atom. The number of carbonyl (C=O) groups excluding carboxylic acids is 1. The van der Waals surface area contributed by atoms with Gasteiger partial charge in [-0.25, -0.2) is 0 Å². The van der Waals surface area contributed by atoms with Crippen LogP contribution < -0.4 is 4.90 Å². The third-order valence-electron chi connectivity index (χ3n) is 4.51. The van der Waals surface area contributed by atoms with Gasteiger partial charge in [0.25, 0.3) is 0 Å². The fourth-order valence-corrected chi connectivity index (χ4v) is 3.33. The molecule has 20 heavy (non-hydrogen) atoms.